The minimum atomic E-state index is 0.0514. The molecule has 2 rings (SSSR count). The predicted molar refractivity (Wildman–Crippen MR) is 69.6 cm³/mol. The van der Waals surface area contributed by atoms with Crippen LogP contribution in [0.5, 0.6) is 12.0 Å². The largest absolute Gasteiger partial charge is 0.467 e. The molecule has 2 heterocycles. The van der Waals surface area contributed by atoms with Crippen LogP contribution >= 0.6 is 0 Å². The van der Waals surface area contributed by atoms with Gasteiger partial charge in [0.15, 0.2) is 0 Å². The van der Waals surface area contributed by atoms with Crippen LogP contribution in [0.25, 0.3) is 0 Å². The van der Waals surface area contributed by atoms with Gasteiger partial charge in [-0.2, -0.15) is 9.97 Å². The molecule has 7 nitrogen and oxygen atoms in total. The molecule has 1 N–H and O–H groups in total. The molecule has 0 aliphatic carbocycles. The van der Waals surface area contributed by atoms with E-state index >= 15 is 0 Å². The van der Waals surface area contributed by atoms with Gasteiger partial charge in [-0.05, 0) is 13.8 Å². The van der Waals surface area contributed by atoms with Crippen molar-refractivity contribution < 1.29 is 14.2 Å². The molecule has 1 aliphatic rings. The summed E-state index contributed by atoms with van der Waals surface area (Å²) in [5.41, 5.74) is 0. The average Bonchev–Trinajstić information content (AvgIpc) is 2.37. The SMILES string of the molecule is CNc1nc(OC)nc(OC2CC(C)OC(C)C2)n1. The van der Waals surface area contributed by atoms with Crippen molar-refractivity contribution in [1.82, 2.24) is 15.0 Å². The Kier molecular flexibility index (Phi) is 4.36. The smallest absolute Gasteiger partial charge is 0.324 e. The van der Waals surface area contributed by atoms with Crippen molar-refractivity contribution in [1.29, 1.82) is 0 Å². The van der Waals surface area contributed by atoms with Crippen LogP contribution in [0.15, 0.2) is 0 Å². The Morgan fingerprint density at radius 3 is 2.32 bits per heavy atom. The number of nitrogens with one attached hydrogen (secondary N) is 1. The first-order chi connectivity index (χ1) is 9.10. The number of rotatable bonds is 4. The number of ether oxygens (including phenoxy) is 3. The minimum absolute atomic E-state index is 0.0514. The molecule has 0 saturated carbocycles. The van der Waals surface area contributed by atoms with Crippen LogP contribution in [0.4, 0.5) is 5.95 Å². The van der Waals surface area contributed by atoms with E-state index in [9.17, 15) is 0 Å². The van der Waals surface area contributed by atoms with Gasteiger partial charge in [-0.1, -0.05) is 0 Å². The van der Waals surface area contributed by atoms with E-state index in [0.29, 0.717) is 5.95 Å². The summed E-state index contributed by atoms with van der Waals surface area (Å²) in [4.78, 5) is 12.3. The van der Waals surface area contributed by atoms with Crippen molar-refractivity contribution in [3.63, 3.8) is 0 Å². The maximum absolute atomic E-state index is 5.82. The Labute approximate surface area is 112 Å². The van der Waals surface area contributed by atoms with Gasteiger partial charge in [0.05, 0.1) is 19.3 Å². The van der Waals surface area contributed by atoms with Gasteiger partial charge in [-0.15, -0.1) is 4.98 Å². The number of methoxy groups -OCH3 is 1. The van der Waals surface area contributed by atoms with Crippen molar-refractivity contribution in [2.45, 2.75) is 45.0 Å². The summed E-state index contributed by atoms with van der Waals surface area (Å²) in [6.07, 6.45) is 2.07. The summed E-state index contributed by atoms with van der Waals surface area (Å²) >= 11 is 0. The van der Waals surface area contributed by atoms with Crippen LogP contribution in [0.3, 0.4) is 0 Å². The van der Waals surface area contributed by atoms with Crippen molar-refractivity contribution in [3.8, 4) is 12.0 Å². The number of hydrogen-bond donors (Lipinski definition) is 1. The van der Waals surface area contributed by atoms with Crippen LogP contribution in [-0.4, -0.2) is 47.4 Å². The van der Waals surface area contributed by atoms with E-state index in [0.717, 1.165) is 12.8 Å². The molecule has 19 heavy (non-hydrogen) atoms. The Bertz CT molecular complexity index is 397. The van der Waals surface area contributed by atoms with Gasteiger partial charge >= 0.3 is 12.0 Å². The van der Waals surface area contributed by atoms with E-state index < -0.39 is 0 Å². The highest BCUT2D eigenvalue weighted by Crippen LogP contribution is 2.23. The van der Waals surface area contributed by atoms with E-state index in [1.807, 2.05) is 13.8 Å². The Balaban J connectivity index is 2.09. The molecule has 2 unspecified atom stereocenters. The van der Waals surface area contributed by atoms with Crippen LogP contribution in [0.2, 0.25) is 0 Å². The molecule has 0 amide bonds. The standard InChI is InChI=1S/C12H20N4O3/c1-7-5-9(6-8(2)18-7)19-12-15-10(13-3)14-11(16-12)17-4/h7-9H,5-6H2,1-4H3,(H,13,14,15,16). The van der Waals surface area contributed by atoms with Gasteiger partial charge in [0.25, 0.3) is 0 Å². The summed E-state index contributed by atoms with van der Waals surface area (Å²) in [7, 11) is 3.24. The quantitative estimate of drug-likeness (QED) is 0.880. The molecule has 1 aromatic heterocycles. The lowest BCUT2D eigenvalue weighted by molar-refractivity contribution is -0.0739. The summed E-state index contributed by atoms with van der Waals surface area (Å²) in [6, 6.07) is 0.519. The Morgan fingerprint density at radius 1 is 1.11 bits per heavy atom. The van der Waals surface area contributed by atoms with E-state index in [2.05, 4.69) is 20.3 Å². The molecule has 0 spiro atoms. The van der Waals surface area contributed by atoms with Gasteiger partial charge in [0.2, 0.25) is 5.95 Å². The third kappa shape index (κ3) is 3.66. The summed E-state index contributed by atoms with van der Waals surface area (Å²) < 4.78 is 16.5. The summed E-state index contributed by atoms with van der Waals surface area (Å²) in [6.45, 7) is 4.08. The molecule has 0 radical (unpaired) electrons. The second-order valence-electron chi connectivity index (χ2n) is 4.65. The third-order valence-corrected chi connectivity index (χ3v) is 2.93. The second-order valence-corrected chi connectivity index (χ2v) is 4.65. The molecule has 1 aromatic rings. The number of anilines is 1. The van der Waals surface area contributed by atoms with Crippen molar-refractivity contribution in [2.75, 3.05) is 19.5 Å². The highest BCUT2D eigenvalue weighted by Gasteiger charge is 2.26. The number of nitrogens with zero attached hydrogens (tertiary/aromatic N) is 3. The zero-order valence-corrected chi connectivity index (χ0v) is 11.7. The highest BCUT2D eigenvalue weighted by atomic mass is 16.5. The average molecular weight is 268 g/mol. The monoisotopic (exact) mass is 268 g/mol. The van der Waals surface area contributed by atoms with Crippen molar-refractivity contribution >= 4 is 5.95 Å². The highest BCUT2D eigenvalue weighted by molar-refractivity contribution is 5.26. The minimum Gasteiger partial charge on any atom is -0.467 e. The molecule has 0 aromatic carbocycles. The molecular formula is C12H20N4O3. The van der Waals surface area contributed by atoms with Crippen LogP contribution in [0, 0.1) is 0 Å². The Morgan fingerprint density at radius 2 is 1.74 bits per heavy atom. The summed E-state index contributed by atoms with van der Waals surface area (Å²) in [5, 5.41) is 2.85. The molecule has 2 atom stereocenters. The normalized spacial score (nSPS) is 26.8. The molecular weight excluding hydrogens is 248 g/mol. The zero-order chi connectivity index (χ0) is 13.8. The fraction of sp³-hybridized carbons (Fsp3) is 0.750. The fourth-order valence-electron chi connectivity index (χ4n) is 2.18. The topological polar surface area (TPSA) is 78.4 Å². The predicted octanol–water partition coefficient (Wildman–Crippen LogP) is 1.26. The van der Waals surface area contributed by atoms with Gasteiger partial charge in [-0.3, -0.25) is 0 Å². The van der Waals surface area contributed by atoms with Gasteiger partial charge in [0, 0.05) is 19.9 Å². The fourth-order valence-corrected chi connectivity index (χ4v) is 2.18. The van der Waals surface area contributed by atoms with Crippen molar-refractivity contribution in [3.05, 3.63) is 0 Å². The van der Waals surface area contributed by atoms with Gasteiger partial charge < -0.3 is 19.5 Å². The number of hydrogen-bond acceptors (Lipinski definition) is 7. The number of aromatic nitrogens is 3. The van der Waals surface area contributed by atoms with Crippen molar-refractivity contribution in [2.24, 2.45) is 0 Å². The summed E-state index contributed by atoms with van der Waals surface area (Å²) in [5.74, 6) is 0.426. The molecule has 1 fully saturated rings. The second kappa shape index (κ2) is 6.01. The Hall–Kier alpha value is -1.63. The van der Waals surface area contributed by atoms with E-state index in [1.54, 1.807) is 7.05 Å². The van der Waals surface area contributed by atoms with E-state index in [4.69, 9.17) is 14.2 Å². The van der Waals surface area contributed by atoms with Crippen LogP contribution in [0.1, 0.15) is 26.7 Å². The maximum atomic E-state index is 5.82. The van der Waals surface area contributed by atoms with E-state index in [1.165, 1.54) is 7.11 Å². The first-order valence-electron chi connectivity index (χ1n) is 6.40. The lowest BCUT2D eigenvalue weighted by Gasteiger charge is -2.31. The molecule has 1 aliphatic heterocycles. The third-order valence-electron chi connectivity index (χ3n) is 2.93. The zero-order valence-electron chi connectivity index (χ0n) is 11.7. The molecule has 7 heteroatoms. The maximum Gasteiger partial charge on any atom is 0.324 e. The lowest BCUT2D eigenvalue weighted by Crippen LogP contribution is -2.36. The lowest BCUT2D eigenvalue weighted by atomic mass is 10.0. The first kappa shape index (κ1) is 13.8. The van der Waals surface area contributed by atoms with Crippen LogP contribution in [-0.2, 0) is 4.74 Å². The van der Waals surface area contributed by atoms with Gasteiger partial charge in [-0.25, -0.2) is 0 Å². The molecule has 1 saturated heterocycles. The molecule has 0 bridgehead atoms. The molecule has 106 valence electrons. The first-order valence-corrected chi connectivity index (χ1v) is 6.40. The van der Waals surface area contributed by atoms with Gasteiger partial charge in [0.1, 0.15) is 6.10 Å². The van der Waals surface area contributed by atoms with Crippen LogP contribution < -0.4 is 14.8 Å². The van der Waals surface area contributed by atoms with E-state index in [-0.39, 0.29) is 30.3 Å².